The average Bonchev–Trinajstić information content (AvgIpc) is 2.45. The lowest BCUT2D eigenvalue weighted by molar-refractivity contribution is 0.733. The number of anilines is 1. The zero-order valence-electron chi connectivity index (χ0n) is 13.3. The van der Waals surface area contributed by atoms with Gasteiger partial charge < -0.3 is 10.6 Å². The minimum absolute atomic E-state index is 0.188. The van der Waals surface area contributed by atoms with Gasteiger partial charge in [0.25, 0.3) is 0 Å². The molecule has 2 N–H and O–H groups in total. The van der Waals surface area contributed by atoms with Gasteiger partial charge >= 0.3 is 0 Å². The minimum Gasteiger partial charge on any atom is -0.374 e. The van der Waals surface area contributed by atoms with Gasteiger partial charge in [-0.15, -0.1) is 0 Å². The Bertz CT molecular complexity index is 561. The molecule has 2 heteroatoms. The minimum atomic E-state index is 0.188. The standard InChI is InChI=1S/C19H26N2/c1-15-9-10-19(18(13-15)14-16(2)20)21(3)12-11-17-7-5-4-6-8-17/h4-10,13,16H,11-12,14,20H2,1-3H3. The smallest absolute Gasteiger partial charge is 0.0397 e. The highest BCUT2D eigenvalue weighted by Gasteiger charge is 2.09. The van der Waals surface area contributed by atoms with E-state index in [9.17, 15) is 0 Å². The number of benzene rings is 2. The van der Waals surface area contributed by atoms with Crippen LogP contribution in [-0.4, -0.2) is 19.6 Å². The number of aryl methyl sites for hydroxylation is 1. The van der Waals surface area contributed by atoms with Crippen LogP contribution in [0.25, 0.3) is 0 Å². The summed E-state index contributed by atoms with van der Waals surface area (Å²) >= 11 is 0. The van der Waals surface area contributed by atoms with Gasteiger partial charge in [0, 0.05) is 25.3 Å². The number of nitrogens with two attached hydrogens (primary N) is 1. The fourth-order valence-electron chi connectivity index (χ4n) is 2.66. The fraction of sp³-hybridized carbons (Fsp3) is 0.368. The van der Waals surface area contributed by atoms with E-state index < -0.39 is 0 Å². The lowest BCUT2D eigenvalue weighted by atomic mass is 10.0. The Morgan fingerprint density at radius 1 is 1.10 bits per heavy atom. The topological polar surface area (TPSA) is 29.3 Å². The summed E-state index contributed by atoms with van der Waals surface area (Å²) in [6.07, 6.45) is 1.98. The number of rotatable bonds is 6. The zero-order valence-corrected chi connectivity index (χ0v) is 13.3. The second kappa shape index (κ2) is 7.28. The van der Waals surface area contributed by atoms with E-state index in [-0.39, 0.29) is 6.04 Å². The molecule has 2 aromatic rings. The molecule has 112 valence electrons. The molecule has 2 rings (SSSR count). The van der Waals surface area contributed by atoms with Crippen LogP contribution in [-0.2, 0) is 12.8 Å². The Balaban J connectivity index is 2.09. The fourth-order valence-corrected chi connectivity index (χ4v) is 2.66. The zero-order chi connectivity index (χ0) is 15.2. The molecule has 0 aliphatic heterocycles. The summed E-state index contributed by atoms with van der Waals surface area (Å²) in [7, 11) is 2.16. The number of hydrogen-bond donors (Lipinski definition) is 1. The molecule has 2 nitrogen and oxygen atoms in total. The van der Waals surface area contributed by atoms with Crippen LogP contribution >= 0.6 is 0 Å². The highest BCUT2D eigenvalue weighted by atomic mass is 15.1. The monoisotopic (exact) mass is 282 g/mol. The summed E-state index contributed by atoms with van der Waals surface area (Å²) in [5.74, 6) is 0. The first-order valence-electron chi connectivity index (χ1n) is 7.66. The van der Waals surface area contributed by atoms with E-state index in [1.807, 2.05) is 0 Å². The maximum Gasteiger partial charge on any atom is 0.0397 e. The molecule has 1 unspecified atom stereocenters. The first-order valence-corrected chi connectivity index (χ1v) is 7.66. The SMILES string of the molecule is Cc1ccc(N(C)CCc2ccccc2)c(CC(C)N)c1. The summed E-state index contributed by atoms with van der Waals surface area (Å²) < 4.78 is 0. The molecule has 0 aliphatic rings. The summed E-state index contributed by atoms with van der Waals surface area (Å²) in [6, 6.07) is 17.5. The second-order valence-electron chi connectivity index (χ2n) is 5.97. The van der Waals surface area contributed by atoms with Gasteiger partial charge in [-0.1, -0.05) is 48.0 Å². The molecule has 0 radical (unpaired) electrons. The van der Waals surface area contributed by atoms with Gasteiger partial charge in [0.15, 0.2) is 0 Å². The van der Waals surface area contributed by atoms with Crippen molar-refractivity contribution in [2.45, 2.75) is 32.7 Å². The van der Waals surface area contributed by atoms with Crippen LogP contribution in [0, 0.1) is 6.92 Å². The number of hydrogen-bond acceptors (Lipinski definition) is 2. The van der Waals surface area contributed by atoms with E-state index in [4.69, 9.17) is 5.73 Å². The highest BCUT2D eigenvalue weighted by molar-refractivity contribution is 5.55. The predicted molar refractivity (Wildman–Crippen MR) is 91.9 cm³/mol. The van der Waals surface area contributed by atoms with Crippen LogP contribution in [0.4, 0.5) is 5.69 Å². The molecule has 2 aromatic carbocycles. The van der Waals surface area contributed by atoms with Crippen molar-refractivity contribution in [1.82, 2.24) is 0 Å². The second-order valence-corrected chi connectivity index (χ2v) is 5.97. The van der Waals surface area contributed by atoms with E-state index in [0.717, 1.165) is 19.4 Å². The number of likely N-dealkylation sites (N-methyl/N-ethyl adjacent to an activating group) is 1. The molecule has 0 saturated carbocycles. The van der Waals surface area contributed by atoms with Gasteiger partial charge in [0.2, 0.25) is 0 Å². The van der Waals surface area contributed by atoms with Crippen molar-refractivity contribution in [1.29, 1.82) is 0 Å². The third-order valence-corrected chi connectivity index (χ3v) is 3.77. The Labute approximate surface area is 128 Å². The molecular formula is C19H26N2. The van der Waals surface area contributed by atoms with Gasteiger partial charge in [-0.25, -0.2) is 0 Å². The van der Waals surface area contributed by atoms with Gasteiger partial charge in [-0.3, -0.25) is 0 Å². The number of nitrogens with zero attached hydrogens (tertiary/aromatic N) is 1. The molecule has 0 aromatic heterocycles. The molecule has 0 fully saturated rings. The molecule has 0 spiro atoms. The first-order chi connectivity index (χ1) is 10.1. The molecule has 0 heterocycles. The maximum atomic E-state index is 5.99. The maximum absolute atomic E-state index is 5.99. The van der Waals surface area contributed by atoms with Crippen molar-refractivity contribution in [3.8, 4) is 0 Å². The van der Waals surface area contributed by atoms with Crippen LogP contribution in [0.2, 0.25) is 0 Å². The third kappa shape index (κ3) is 4.61. The van der Waals surface area contributed by atoms with E-state index in [1.54, 1.807) is 0 Å². The Morgan fingerprint density at radius 3 is 2.48 bits per heavy atom. The Morgan fingerprint density at radius 2 is 1.81 bits per heavy atom. The summed E-state index contributed by atoms with van der Waals surface area (Å²) in [4.78, 5) is 2.34. The van der Waals surface area contributed by atoms with Crippen molar-refractivity contribution in [3.05, 3.63) is 65.2 Å². The molecular weight excluding hydrogens is 256 g/mol. The normalized spacial score (nSPS) is 12.2. The van der Waals surface area contributed by atoms with Crippen molar-refractivity contribution in [3.63, 3.8) is 0 Å². The summed E-state index contributed by atoms with van der Waals surface area (Å²) in [6.45, 7) is 5.22. The van der Waals surface area contributed by atoms with Gasteiger partial charge in [0.1, 0.15) is 0 Å². The van der Waals surface area contributed by atoms with Crippen LogP contribution in [0.1, 0.15) is 23.6 Å². The van der Waals surface area contributed by atoms with Gasteiger partial charge in [-0.2, -0.15) is 0 Å². The van der Waals surface area contributed by atoms with Crippen LogP contribution < -0.4 is 10.6 Å². The Kier molecular flexibility index (Phi) is 5.40. The van der Waals surface area contributed by atoms with Crippen molar-refractivity contribution in [2.75, 3.05) is 18.5 Å². The van der Waals surface area contributed by atoms with E-state index in [2.05, 4.69) is 74.3 Å². The van der Waals surface area contributed by atoms with Crippen LogP contribution in [0.15, 0.2) is 48.5 Å². The lowest BCUT2D eigenvalue weighted by Gasteiger charge is -2.24. The quantitative estimate of drug-likeness (QED) is 0.877. The van der Waals surface area contributed by atoms with Crippen molar-refractivity contribution in [2.24, 2.45) is 5.73 Å². The van der Waals surface area contributed by atoms with Crippen molar-refractivity contribution >= 4 is 5.69 Å². The van der Waals surface area contributed by atoms with Gasteiger partial charge in [-0.05, 0) is 43.9 Å². The lowest BCUT2D eigenvalue weighted by Crippen LogP contribution is -2.24. The highest BCUT2D eigenvalue weighted by Crippen LogP contribution is 2.22. The molecule has 0 amide bonds. The molecule has 21 heavy (non-hydrogen) atoms. The first kappa shape index (κ1) is 15.6. The summed E-state index contributed by atoms with van der Waals surface area (Å²) in [5.41, 5.74) is 11.3. The van der Waals surface area contributed by atoms with E-state index >= 15 is 0 Å². The van der Waals surface area contributed by atoms with Crippen molar-refractivity contribution < 1.29 is 0 Å². The largest absolute Gasteiger partial charge is 0.374 e. The van der Waals surface area contributed by atoms with Crippen LogP contribution in [0.5, 0.6) is 0 Å². The predicted octanol–water partition coefficient (Wildman–Crippen LogP) is 3.56. The molecule has 0 saturated heterocycles. The third-order valence-electron chi connectivity index (χ3n) is 3.77. The molecule has 0 aliphatic carbocycles. The van der Waals surface area contributed by atoms with E-state index in [1.165, 1.54) is 22.4 Å². The average molecular weight is 282 g/mol. The van der Waals surface area contributed by atoms with Gasteiger partial charge in [0.05, 0.1) is 0 Å². The molecule has 0 bridgehead atoms. The summed E-state index contributed by atoms with van der Waals surface area (Å²) in [5, 5.41) is 0. The Hall–Kier alpha value is -1.80. The van der Waals surface area contributed by atoms with Crippen LogP contribution in [0.3, 0.4) is 0 Å². The molecule has 1 atom stereocenters. The van der Waals surface area contributed by atoms with E-state index in [0.29, 0.717) is 0 Å².